The van der Waals surface area contributed by atoms with Crippen molar-refractivity contribution in [2.24, 2.45) is 0 Å². The van der Waals surface area contributed by atoms with Crippen LogP contribution >= 0.6 is 15.9 Å². The van der Waals surface area contributed by atoms with Crippen LogP contribution in [-0.2, 0) is 21.6 Å². The van der Waals surface area contributed by atoms with E-state index in [4.69, 9.17) is 14.2 Å². The van der Waals surface area contributed by atoms with Crippen molar-refractivity contribution in [1.29, 1.82) is 0 Å². The molecule has 0 bridgehead atoms. The van der Waals surface area contributed by atoms with Crippen molar-refractivity contribution in [3.63, 3.8) is 0 Å². The molecule has 0 aliphatic carbocycles. The predicted molar refractivity (Wildman–Crippen MR) is 126 cm³/mol. The van der Waals surface area contributed by atoms with E-state index in [0.717, 1.165) is 18.4 Å². The first-order chi connectivity index (χ1) is 15.6. The van der Waals surface area contributed by atoms with Crippen LogP contribution in [0.1, 0.15) is 42.7 Å². The van der Waals surface area contributed by atoms with Crippen LogP contribution in [0.5, 0.6) is 5.75 Å². The number of carbonyl (C=O) groups excluding carboxylic acids is 1. The first-order valence-corrected chi connectivity index (χ1v) is 11.8. The molecule has 1 fully saturated rings. The van der Waals surface area contributed by atoms with Crippen LogP contribution in [-0.4, -0.2) is 55.4 Å². The van der Waals surface area contributed by atoms with Crippen molar-refractivity contribution in [2.45, 2.75) is 38.8 Å². The third-order valence-corrected chi connectivity index (χ3v) is 6.39. The minimum absolute atomic E-state index is 0.0891. The lowest BCUT2D eigenvalue weighted by Crippen LogP contribution is -2.57. The Morgan fingerprint density at radius 1 is 1.12 bits per heavy atom. The molecule has 1 aromatic carbocycles. The Hall–Kier alpha value is -2.16. The Kier molecular flexibility index (Phi) is 8.51. The molecule has 0 N–H and O–H groups in total. The van der Waals surface area contributed by atoms with Crippen LogP contribution in [0.15, 0.2) is 45.8 Å². The Balaban J connectivity index is 0.00000141. The smallest absolute Gasteiger partial charge is 0.274 e. The highest BCUT2D eigenvalue weighted by Crippen LogP contribution is 2.38. The molecular formula is C24H31BrN2O5. The van der Waals surface area contributed by atoms with Gasteiger partial charge in [-0.3, -0.25) is 9.59 Å². The third-order valence-electron chi connectivity index (χ3n) is 5.82. The van der Waals surface area contributed by atoms with Gasteiger partial charge in [-0.05, 0) is 34.3 Å². The fourth-order valence-corrected chi connectivity index (χ4v) is 4.57. The lowest BCUT2D eigenvalue weighted by atomic mass is 9.86. The number of rotatable bonds is 6. The van der Waals surface area contributed by atoms with Crippen molar-refractivity contribution in [2.75, 3.05) is 40.0 Å². The number of aromatic nitrogens is 1. The molecule has 3 heterocycles. The maximum Gasteiger partial charge on any atom is 0.274 e. The average molecular weight is 507 g/mol. The SMILES string of the molecule is CC.COCCN1CC2(CCOCC2)n2cc(Br)c(=O)c(OCc3ccccc3)c2C1=O. The van der Waals surface area contributed by atoms with Gasteiger partial charge in [-0.15, -0.1) is 0 Å². The number of amides is 1. The van der Waals surface area contributed by atoms with Gasteiger partial charge in [-0.2, -0.15) is 0 Å². The summed E-state index contributed by atoms with van der Waals surface area (Å²) < 4.78 is 19.1. The summed E-state index contributed by atoms with van der Waals surface area (Å²) >= 11 is 3.39. The number of halogens is 1. The van der Waals surface area contributed by atoms with Gasteiger partial charge in [-0.25, -0.2) is 0 Å². The van der Waals surface area contributed by atoms with E-state index in [1.807, 2.05) is 48.7 Å². The quantitative estimate of drug-likeness (QED) is 0.595. The normalized spacial score (nSPS) is 16.9. The molecule has 0 atom stereocenters. The largest absolute Gasteiger partial charge is 0.483 e. The minimum Gasteiger partial charge on any atom is -0.483 e. The number of hydrogen-bond acceptors (Lipinski definition) is 5. The molecule has 1 aromatic heterocycles. The molecular weight excluding hydrogens is 476 g/mol. The van der Waals surface area contributed by atoms with E-state index in [2.05, 4.69) is 15.9 Å². The Morgan fingerprint density at radius 2 is 1.81 bits per heavy atom. The van der Waals surface area contributed by atoms with E-state index < -0.39 is 0 Å². The predicted octanol–water partition coefficient (Wildman–Crippen LogP) is 3.82. The van der Waals surface area contributed by atoms with Gasteiger partial charge in [-0.1, -0.05) is 44.2 Å². The highest BCUT2D eigenvalue weighted by molar-refractivity contribution is 9.10. The first kappa shape index (κ1) is 24.5. The van der Waals surface area contributed by atoms with Gasteiger partial charge in [0.1, 0.15) is 6.61 Å². The number of carbonyl (C=O) groups is 1. The van der Waals surface area contributed by atoms with Crippen molar-refractivity contribution in [3.05, 3.63) is 62.5 Å². The third kappa shape index (κ3) is 4.92. The Labute approximate surface area is 197 Å². The number of methoxy groups -OCH3 is 1. The monoisotopic (exact) mass is 506 g/mol. The van der Waals surface area contributed by atoms with Crippen molar-refractivity contribution in [1.82, 2.24) is 9.47 Å². The summed E-state index contributed by atoms with van der Waals surface area (Å²) in [4.78, 5) is 28.2. The first-order valence-electron chi connectivity index (χ1n) is 11.0. The summed E-state index contributed by atoms with van der Waals surface area (Å²) in [6, 6.07) is 9.60. The van der Waals surface area contributed by atoms with Gasteiger partial charge in [0, 0.05) is 39.6 Å². The van der Waals surface area contributed by atoms with E-state index in [1.54, 1.807) is 18.2 Å². The van der Waals surface area contributed by atoms with E-state index in [9.17, 15) is 9.59 Å². The van der Waals surface area contributed by atoms with E-state index in [0.29, 0.717) is 43.1 Å². The standard InChI is InChI=1S/C22H25BrN2O5.C2H6/c1-28-12-9-24-15-22(7-10-29-11-8-22)25-13-17(23)19(26)20(18(25)21(24)27)30-14-16-5-3-2-4-6-16;1-2/h2-6,13H,7-12,14-15H2,1H3;1-2H3. The number of pyridine rings is 1. The minimum atomic E-state index is -0.337. The van der Waals surface area contributed by atoms with E-state index in [1.165, 1.54) is 0 Å². The number of benzene rings is 1. The van der Waals surface area contributed by atoms with Crippen molar-refractivity contribution in [3.8, 4) is 5.75 Å². The fourth-order valence-electron chi connectivity index (χ4n) is 4.19. The fraction of sp³-hybridized carbons (Fsp3) is 0.500. The second kappa shape index (κ2) is 11.1. The van der Waals surface area contributed by atoms with Gasteiger partial charge < -0.3 is 23.7 Å². The van der Waals surface area contributed by atoms with Crippen LogP contribution in [0, 0.1) is 0 Å². The van der Waals surface area contributed by atoms with Crippen LogP contribution in [0.25, 0.3) is 0 Å². The highest BCUT2D eigenvalue weighted by atomic mass is 79.9. The van der Waals surface area contributed by atoms with Crippen LogP contribution in [0.4, 0.5) is 0 Å². The van der Waals surface area contributed by atoms with Gasteiger partial charge in [0.2, 0.25) is 5.43 Å². The van der Waals surface area contributed by atoms with Gasteiger partial charge in [0.25, 0.3) is 5.91 Å². The molecule has 4 rings (SSSR count). The number of fused-ring (bicyclic) bond motifs is 2. The highest BCUT2D eigenvalue weighted by Gasteiger charge is 2.45. The molecule has 2 aliphatic heterocycles. The molecule has 0 saturated carbocycles. The summed E-state index contributed by atoms with van der Waals surface area (Å²) in [5, 5.41) is 0. The molecule has 0 unspecified atom stereocenters. The molecule has 32 heavy (non-hydrogen) atoms. The molecule has 2 aliphatic rings. The summed E-state index contributed by atoms with van der Waals surface area (Å²) in [7, 11) is 1.61. The summed E-state index contributed by atoms with van der Waals surface area (Å²) in [6.07, 6.45) is 3.25. The molecule has 1 saturated heterocycles. The number of ether oxygens (including phenoxy) is 3. The zero-order valence-corrected chi connectivity index (χ0v) is 20.5. The lowest BCUT2D eigenvalue weighted by molar-refractivity contribution is -0.0115. The Bertz CT molecular complexity index is 970. The number of hydrogen-bond donors (Lipinski definition) is 0. The summed E-state index contributed by atoms with van der Waals surface area (Å²) in [5.41, 5.74) is 0.580. The van der Waals surface area contributed by atoms with Crippen LogP contribution in [0.2, 0.25) is 0 Å². The zero-order chi connectivity index (χ0) is 23.1. The average Bonchev–Trinajstić information content (AvgIpc) is 2.83. The molecule has 0 radical (unpaired) electrons. The van der Waals surface area contributed by atoms with Gasteiger partial charge >= 0.3 is 0 Å². The lowest BCUT2D eigenvalue weighted by Gasteiger charge is -2.47. The van der Waals surface area contributed by atoms with E-state index in [-0.39, 0.29) is 29.2 Å². The van der Waals surface area contributed by atoms with Gasteiger partial charge in [0.05, 0.1) is 16.6 Å². The molecule has 1 amide bonds. The van der Waals surface area contributed by atoms with Crippen molar-refractivity contribution < 1.29 is 19.0 Å². The second-order valence-corrected chi connectivity index (χ2v) is 8.54. The second-order valence-electron chi connectivity index (χ2n) is 7.68. The van der Waals surface area contributed by atoms with Crippen LogP contribution < -0.4 is 10.2 Å². The van der Waals surface area contributed by atoms with Crippen molar-refractivity contribution >= 4 is 21.8 Å². The molecule has 7 nitrogen and oxygen atoms in total. The topological polar surface area (TPSA) is 70.0 Å². The Morgan fingerprint density at radius 3 is 2.47 bits per heavy atom. The van der Waals surface area contributed by atoms with Gasteiger partial charge in [0.15, 0.2) is 11.4 Å². The van der Waals surface area contributed by atoms with Crippen LogP contribution in [0.3, 0.4) is 0 Å². The summed E-state index contributed by atoms with van der Waals surface area (Å²) in [5.74, 6) is -0.122. The zero-order valence-electron chi connectivity index (χ0n) is 18.9. The number of nitrogens with zero attached hydrogens (tertiary/aromatic N) is 2. The molecule has 8 heteroatoms. The molecule has 1 spiro atoms. The molecule has 174 valence electrons. The maximum absolute atomic E-state index is 13.4. The van der Waals surface area contributed by atoms with E-state index >= 15 is 0 Å². The molecule has 2 aromatic rings. The maximum atomic E-state index is 13.4. The summed E-state index contributed by atoms with van der Waals surface area (Å²) in [6.45, 7) is 6.87.